The second-order valence-electron chi connectivity index (χ2n) is 6.23. The van der Waals surface area contributed by atoms with Crippen LogP contribution in [0.25, 0.3) is 0 Å². The van der Waals surface area contributed by atoms with Crippen molar-refractivity contribution in [2.24, 2.45) is 0 Å². The molecule has 2 atom stereocenters. The lowest BCUT2D eigenvalue weighted by Gasteiger charge is -2.43. The van der Waals surface area contributed by atoms with E-state index in [1.54, 1.807) is 0 Å². The molecule has 0 unspecified atom stereocenters. The predicted octanol–water partition coefficient (Wildman–Crippen LogP) is 1.60. The normalized spacial score (nSPS) is 27.7. The molecule has 4 nitrogen and oxygen atoms in total. The number of benzene rings is 1. The van der Waals surface area contributed by atoms with Crippen LogP contribution in [0.5, 0.6) is 0 Å². The summed E-state index contributed by atoms with van der Waals surface area (Å²) in [5.41, 5.74) is 1.48. The van der Waals surface area contributed by atoms with Gasteiger partial charge >= 0.3 is 0 Å². The maximum Gasteiger partial charge on any atom is 0.239 e. The Kier molecular flexibility index (Phi) is 4.27. The highest BCUT2D eigenvalue weighted by molar-refractivity contribution is 5.82. The number of hydrogen-bond acceptors (Lipinski definition) is 3. The van der Waals surface area contributed by atoms with Crippen LogP contribution in [0.4, 0.5) is 0 Å². The van der Waals surface area contributed by atoms with Crippen LogP contribution in [0, 0.1) is 0 Å². The Bertz CT molecular complexity index is 485. The SMILES string of the molecule is C[C@H]1OCCN[C@@H]1C(=O)NCC1(c2ccccc2)CCC1. The van der Waals surface area contributed by atoms with Gasteiger partial charge in [0, 0.05) is 18.5 Å². The first-order chi connectivity index (χ1) is 10.2. The summed E-state index contributed by atoms with van der Waals surface area (Å²) in [4.78, 5) is 12.4. The van der Waals surface area contributed by atoms with Gasteiger partial charge in [0.15, 0.2) is 0 Å². The topological polar surface area (TPSA) is 50.4 Å². The second kappa shape index (κ2) is 6.16. The highest BCUT2D eigenvalue weighted by Gasteiger charge is 2.39. The zero-order chi connectivity index (χ0) is 14.7. The average molecular weight is 288 g/mol. The van der Waals surface area contributed by atoms with E-state index in [0.29, 0.717) is 6.61 Å². The Hall–Kier alpha value is -1.39. The first-order valence-electron chi connectivity index (χ1n) is 7.89. The monoisotopic (exact) mass is 288 g/mol. The molecule has 114 valence electrons. The number of carbonyl (C=O) groups excluding carboxylic acids is 1. The molecule has 3 rings (SSSR count). The molecular weight excluding hydrogens is 264 g/mol. The largest absolute Gasteiger partial charge is 0.375 e. The van der Waals surface area contributed by atoms with Crippen molar-refractivity contribution in [1.82, 2.24) is 10.6 Å². The first kappa shape index (κ1) is 14.5. The molecule has 2 fully saturated rings. The van der Waals surface area contributed by atoms with Crippen LogP contribution in [-0.2, 0) is 14.9 Å². The quantitative estimate of drug-likeness (QED) is 0.885. The molecule has 1 aromatic carbocycles. The predicted molar refractivity (Wildman–Crippen MR) is 82.2 cm³/mol. The fraction of sp³-hybridized carbons (Fsp3) is 0.588. The van der Waals surface area contributed by atoms with Gasteiger partial charge in [-0.3, -0.25) is 4.79 Å². The lowest BCUT2D eigenvalue weighted by molar-refractivity contribution is -0.129. The van der Waals surface area contributed by atoms with E-state index in [9.17, 15) is 4.79 Å². The van der Waals surface area contributed by atoms with Gasteiger partial charge in [0.25, 0.3) is 0 Å². The summed E-state index contributed by atoms with van der Waals surface area (Å²) in [6.45, 7) is 4.10. The highest BCUT2D eigenvalue weighted by atomic mass is 16.5. The van der Waals surface area contributed by atoms with Gasteiger partial charge in [-0.15, -0.1) is 0 Å². The van der Waals surface area contributed by atoms with Crippen molar-refractivity contribution >= 4 is 5.91 Å². The molecule has 4 heteroatoms. The first-order valence-corrected chi connectivity index (χ1v) is 7.89. The maximum absolute atomic E-state index is 12.4. The molecule has 0 bridgehead atoms. The maximum atomic E-state index is 12.4. The second-order valence-corrected chi connectivity index (χ2v) is 6.23. The summed E-state index contributed by atoms with van der Waals surface area (Å²) in [5.74, 6) is 0.0596. The van der Waals surface area contributed by atoms with Gasteiger partial charge in [0.05, 0.1) is 12.7 Å². The van der Waals surface area contributed by atoms with E-state index in [4.69, 9.17) is 4.74 Å². The van der Waals surface area contributed by atoms with Crippen molar-refractivity contribution in [1.29, 1.82) is 0 Å². The van der Waals surface area contributed by atoms with Gasteiger partial charge in [-0.25, -0.2) is 0 Å². The molecular formula is C17H24N2O2. The summed E-state index contributed by atoms with van der Waals surface area (Å²) < 4.78 is 5.55. The van der Waals surface area contributed by atoms with Gasteiger partial charge in [-0.1, -0.05) is 36.8 Å². The molecule has 0 aromatic heterocycles. The van der Waals surface area contributed by atoms with Crippen LogP contribution in [-0.4, -0.2) is 37.7 Å². The third-order valence-corrected chi connectivity index (χ3v) is 4.90. The summed E-state index contributed by atoms with van der Waals surface area (Å²) in [6.07, 6.45) is 3.49. The number of ether oxygens (including phenoxy) is 1. The molecule has 0 radical (unpaired) electrons. The molecule has 1 amide bonds. The third kappa shape index (κ3) is 2.97. The van der Waals surface area contributed by atoms with Crippen molar-refractivity contribution in [3.05, 3.63) is 35.9 Å². The molecule has 2 N–H and O–H groups in total. The number of amides is 1. The van der Waals surface area contributed by atoms with E-state index in [1.807, 2.05) is 13.0 Å². The van der Waals surface area contributed by atoms with Crippen molar-refractivity contribution in [2.45, 2.75) is 43.7 Å². The van der Waals surface area contributed by atoms with E-state index in [-0.39, 0.29) is 23.5 Å². The minimum atomic E-state index is -0.230. The van der Waals surface area contributed by atoms with Crippen LogP contribution < -0.4 is 10.6 Å². The standard InChI is InChI=1S/C17H24N2O2/c1-13-15(18-10-11-21-13)16(20)19-12-17(8-5-9-17)14-6-3-2-4-7-14/h2-4,6-7,13,15,18H,5,8-12H2,1H3,(H,19,20)/t13-,15+/m1/s1. The Morgan fingerprint density at radius 3 is 2.76 bits per heavy atom. The fourth-order valence-corrected chi connectivity index (χ4v) is 3.36. The number of nitrogens with one attached hydrogen (secondary N) is 2. The van der Waals surface area contributed by atoms with E-state index < -0.39 is 0 Å². The van der Waals surface area contributed by atoms with Crippen LogP contribution in [0.3, 0.4) is 0 Å². The summed E-state index contributed by atoms with van der Waals surface area (Å²) in [7, 11) is 0. The van der Waals surface area contributed by atoms with Crippen molar-refractivity contribution < 1.29 is 9.53 Å². The molecule has 1 aliphatic heterocycles. The van der Waals surface area contributed by atoms with Gasteiger partial charge in [0.1, 0.15) is 6.04 Å². The van der Waals surface area contributed by atoms with E-state index in [2.05, 4.69) is 34.9 Å². The number of hydrogen-bond donors (Lipinski definition) is 2. The summed E-state index contributed by atoms with van der Waals surface area (Å²) >= 11 is 0. The Balaban J connectivity index is 1.62. The lowest BCUT2D eigenvalue weighted by atomic mass is 9.64. The highest BCUT2D eigenvalue weighted by Crippen LogP contribution is 2.43. The third-order valence-electron chi connectivity index (χ3n) is 4.90. The summed E-state index contributed by atoms with van der Waals surface area (Å²) in [5, 5.41) is 6.39. The van der Waals surface area contributed by atoms with Crippen molar-refractivity contribution in [3.8, 4) is 0 Å². The van der Waals surface area contributed by atoms with Gasteiger partial charge in [-0.2, -0.15) is 0 Å². The molecule has 21 heavy (non-hydrogen) atoms. The molecule has 0 spiro atoms. The van der Waals surface area contributed by atoms with Crippen molar-refractivity contribution in [3.63, 3.8) is 0 Å². The van der Waals surface area contributed by atoms with Crippen LogP contribution in [0.2, 0.25) is 0 Å². The Labute approximate surface area is 126 Å². The zero-order valence-corrected chi connectivity index (χ0v) is 12.6. The Morgan fingerprint density at radius 1 is 1.38 bits per heavy atom. The van der Waals surface area contributed by atoms with Crippen LogP contribution >= 0.6 is 0 Å². The van der Waals surface area contributed by atoms with E-state index >= 15 is 0 Å². The number of carbonyl (C=O) groups is 1. The van der Waals surface area contributed by atoms with E-state index in [0.717, 1.165) is 25.9 Å². The van der Waals surface area contributed by atoms with Gasteiger partial charge < -0.3 is 15.4 Å². The minimum Gasteiger partial charge on any atom is -0.375 e. The molecule has 1 saturated carbocycles. The van der Waals surface area contributed by atoms with Gasteiger partial charge in [-0.05, 0) is 25.3 Å². The molecule has 2 aliphatic rings. The Morgan fingerprint density at radius 2 is 2.14 bits per heavy atom. The molecule has 1 heterocycles. The summed E-state index contributed by atoms with van der Waals surface area (Å²) in [6, 6.07) is 10.3. The minimum absolute atomic E-state index is 0.0596. The fourth-order valence-electron chi connectivity index (χ4n) is 3.36. The number of rotatable bonds is 4. The molecule has 1 aromatic rings. The van der Waals surface area contributed by atoms with Gasteiger partial charge in [0.2, 0.25) is 5.91 Å². The lowest BCUT2D eigenvalue weighted by Crippen LogP contribution is -2.57. The molecule has 1 saturated heterocycles. The van der Waals surface area contributed by atoms with Crippen LogP contribution in [0.1, 0.15) is 31.7 Å². The zero-order valence-electron chi connectivity index (χ0n) is 12.6. The van der Waals surface area contributed by atoms with E-state index in [1.165, 1.54) is 12.0 Å². The number of morpholine rings is 1. The van der Waals surface area contributed by atoms with Crippen molar-refractivity contribution in [2.75, 3.05) is 19.7 Å². The average Bonchev–Trinajstić information content (AvgIpc) is 2.47. The molecule has 1 aliphatic carbocycles. The smallest absolute Gasteiger partial charge is 0.239 e. The van der Waals surface area contributed by atoms with Crippen LogP contribution in [0.15, 0.2) is 30.3 Å².